The van der Waals surface area contributed by atoms with E-state index in [1.54, 1.807) is 6.20 Å². The molecule has 5 rings (SSSR count). The molecular weight excluding hydrogens is 358 g/mol. The molecule has 0 saturated heterocycles. The minimum atomic E-state index is -0.874. The largest absolute Gasteiger partial charge is 0.383 e. The van der Waals surface area contributed by atoms with Crippen molar-refractivity contribution in [1.29, 1.82) is 0 Å². The second-order valence-electron chi connectivity index (χ2n) is 8.08. The van der Waals surface area contributed by atoms with Crippen LogP contribution in [0.4, 0.5) is 0 Å². The summed E-state index contributed by atoms with van der Waals surface area (Å²) < 4.78 is 2.38. The first-order valence-corrected chi connectivity index (χ1v) is 10.0. The third kappa shape index (κ3) is 2.47. The highest BCUT2D eigenvalue weighted by atomic mass is 35.5. The van der Waals surface area contributed by atoms with E-state index in [0.29, 0.717) is 0 Å². The molecule has 2 aliphatic rings. The van der Waals surface area contributed by atoms with Gasteiger partial charge in [0.05, 0.1) is 6.04 Å². The van der Waals surface area contributed by atoms with Gasteiger partial charge in [0.25, 0.3) is 0 Å². The van der Waals surface area contributed by atoms with E-state index in [0.717, 1.165) is 42.9 Å². The lowest BCUT2D eigenvalue weighted by Crippen LogP contribution is -2.35. The zero-order chi connectivity index (χ0) is 18.8. The van der Waals surface area contributed by atoms with Gasteiger partial charge in [-0.3, -0.25) is 4.98 Å². The Hall–Kier alpha value is -1.88. The first-order valence-electron chi connectivity index (χ1n) is 9.64. The molecule has 0 radical (unpaired) electrons. The van der Waals surface area contributed by atoms with Crippen LogP contribution in [0.3, 0.4) is 0 Å². The molecule has 2 atom stereocenters. The average Bonchev–Trinajstić information content (AvgIpc) is 3.17. The third-order valence-electron chi connectivity index (χ3n) is 6.56. The van der Waals surface area contributed by atoms with Crippen LogP contribution in [0.2, 0.25) is 5.02 Å². The molecule has 1 N–H and O–H groups in total. The summed E-state index contributed by atoms with van der Waals surface area (Å²) in [6.45, 7) is 4.11. The van der Waals surface area contributed by atoms with Gasteiger partial charge in [0.2, 0.25) is 0 Å². The predicted octanol–water partition coefficient (Wildman–Crippen LogP) is 4.07. The Labute approximate surface area is 164 Å². The van der Waals surface area contributed by atoms with Gasteiger partial charge in [-0.05, 0) is 67.8 Å². The van der Waals surface area contributed by atoms with Crippen LogP contribution in [-0.4, -0.2) is 33.1 Å². The molecule has 27 heavy (non-hydrogen) atoms. The molecule has 1 aromatic carbocycles. The Balaban J connectivity index is 1.72. The number of aliphatic hydroxyl groups is 1. The smallest absolute Gasteiger partial charge is 0.111 e. The Morgan fingerprint density at radius 2 is 2.11 bits per heavy atom. The number of hydrogen-bond donors (Lipinski definition) is 1. The highest BCUT2D eigenvalue weighted by Crippen LogP contribution is 2.47. The van der Waals surface area contributed by atoms with Gasteiger partial charge in [-0.15, -0.1) is 0 Å². The van der Waals surface area contributed by atoms with Crippen LogP contribution in [0.25, 0.3) is 10.9 Å². The summed E-state index contributed by atoms with van der Waals surface area (Å²) >= 11 is 6.33. The topological polar surface area (TPSA) is 41.3 Å². The van der Waals surface area contributed by atoms with Crippen LogP contribution in [-0.2, 0) is 25.0 Å². The molecule has 2 aromatic heterocycles. The van der Waals surface area contributed by atoms with Crippen molar-refractivity contribution in [3.63, 3.8) is 0 Å². The zero-order valence-electron chi connectivity index (χ0n) is 15.7. The Morgan fingerprint density at radius 3 is 2.96 bits per heavy atom. The maximum Gasteiger partial charge on any atom is 0.111 e. The minimum absolute atomic E-state index is 0.0584. The van der Waals surface area contributed by atoms with Gasteiger partial charge in [0.1, 0.15) is 5.60 Å². The van der Waals surface area contributed by atoms with E-state index in [4.69, 9.17) is 11.6 Å². The number of halogens is 1. The number of aromatic nitrogens is 2. The van der Waals surface area contributed by atoms with Crippen molar-refractivity contribution in [3.8, 4) is 0 Å². The fourth-order valence-corrected chi connectivity index (χ4v) is 5.27. The van der Waals surface area contributed by atoms with Crippen LogP contribution in [0.1, 0.15) is 41.8 Å². The second-order valence-corrected chi connectivity index (χ2v) is 8.51. The van der Waals surface area contributed by atoms with Gasteiger partial charge >= 0.3 is 0 Å². The van der Waals surface area contributed by atoms with Crippen LogP contribution >= 0.6 is 11.6 Å². The van der Waals surface area contributed by atoms with E-state index in [-0.39, 0.29) is 6.04 Å². The predicted molar refractivity (Wildman–Crippen MR) is 108 cm³/mol. The van der Waals surface area contributed by atoms with Crippen molar-refractivity contribution >= 4 is 22.5 Å². The lowest BCUT2D eigenvalue weighted by Gasteiger charge is -2.35. The van der Waals surface area contributed by atoms with E-state index < -0.39 is 5.60 Å². The lowest BCUT2D eigenvalue weighted by molar-refractivity contribution is -0.00902. The standard InChI is InChI=1S/C22H24ClN3O/c1-14(22(27)8-5-15-12-24-9-6-19(15)22)26-20-4-3-16(23)11-17(20)18-13-25(2)10-7-21(18)26/h3-4,6,9,11-12,14,27H,5,7-8,10,13H2,1-2H3. The van der Waals surface area contributed by atoms with Crippen molar-refractivity contribution in [1.82, 2.24) is 14.5 Å². The zero-order valence-corrected chi connectivity index (χ0v) is 16.5. The van der Waals surface area contributed by atoms with Gasteiger partial charge < -0.3 is 14.6 Å². The normalized spacial score (nSPS) is 23.4. The van der Waals surface area contributed by atoms with E-state index in [2.05, 4.69) is 40.6 Å². The van der Waals surface area contributed by atoms with E-state index in [1.807, 2.05) is 18.3 Å². The highest BCUT2D eigenvalue weighted by molar-refractivity contribution is 6.31. The van der Waals surface area contributed by atoms with Gasteiger partial charge in [-0.1, -0.05) is 11.6 Å². The van der Waals surface area contributed by atoms with Gasteiger partial charge in [-0.25, -0.2) is 0 Å². The molecule has 0 bridgehead atoms. The number of hydrogen-bond acceptors (Lipinski definition) is 3. The van der Waals surface area contributed by atoms with Crippen molar-refractivity contribution < 1.29 is 5.11 Å². The second kappa shape index (κ2) is 6.06. The Bertz CT molecular complexity index is 1040. The van der Waals surface area contributed by atoms with Crippen molar-refractivity contribution in [2.75, 3.05) is 13.6 Å². The summed E-state index contributed by atoms with van der Waals surface area (Å²) in [6.07, 6.45) is 6.29. The van der Waals surface area contributed by atoms with Gasteiger partial charge in [0, 0.05) is 53.5 Å². The number of likely N-dealkylation sites (N-methyl/N-ethyl adjacent to an activating group) is 1. The molecule has 140 valence electrons. The molecule has 1 aliphatic heterocycles. The van der Waals surface area contributed by atoms with E-state index in [9.17, 15) is 5.11 Å². The Morgan fingerprint density at radius 1 is 1.26 bits per heavy atom. The number of fused-ring (bicyclic) bond motifs is 4. The fraction of sp³-hybridized carbons (Fsp3) is 0.409. The lowest BCUT2D eigenvalue weighted by atomic mass is 9.88. The molecule has 5 heteroatoms. The van der Waals surface area contributed by atoms with Crippen LogP contribution < -0.4 is 0 Å². The highest BCUT2D eigenvalue weighted by Gasteiger charge is 2.43. The van der Waals surface area contributed by atoms with Crippen molar-refractivity contribution in [2.45, 2.75) is 44.4 Å². The van der Waals surface area contributed by atoms with Crippen molar-refractivity contribution in [3.05, 3.63) is 64.1 Å². The molecule has 0 fully saturated rings. The van der Waals surface area contributed by atoms with Crippen molar-refractivity contribution in [2.24, 2.45) is 0 Å². The van der Waals surface area contributed by atoms with E-state index >= 15 is 0 Å². The molecule has 3 aromatic rings. The number of rotatable bonds is 2. The van der Waals surface area contributed by atoms with Crippen LogP contribution in [0.15, 0.2) is 36.7 Å². The number of pyridine rings is 1. The summed E-state index contributed by atoms with van der Waals surface area (Å²) in [7, 11) is 2.16. The number of benzene rings is 1. The number of aryl methyl sites for hydroxylation is 1. The SMILES string of the molecule is CC(n1c2c(c3cc(Cl)ccc31)CN(C)CC2)C1(O)CCc2cnccc21. The molecule has 4 nitrogen and oxygen atoms in total. The summed E-state index contributed by atoms with van der Waals surface area (Å²) in [5.74, 6) is 0. The molecule has 0 saturated carbocycles. The summed E-state index contributed by atoms with van der Waals surface area (Å²) in [6, 6.07) is 8.07. The maximum atomic E-state index is 11.8. The molecule has 0 spiro atoms. The van der Waals surface area contributed by atoms with Gasteiger partial charge in [-0.2, -0.15) is 0 Å². The molecule has 2 unspecified atom stereocenters. The molecule has 3 heterocycles. The van der Waals surface area contributed by atoms with Gasteiger partial charge in [0.15, 0.2) is 0 Å². The average molecular weight is 382 g/mol. The molecule has 1 aliphatic carbocycles. The summed E-state index contributed by atoms with van der Waals surface area (Å²) in [5, 5.41) is 13.7. The van der Waals surface area contributed by atoms with E-state index in [1.165, 1.54) is 27.7 Å². The van der Waals surface area contributed by atoms with Crippen LogP contribution in [0.5, 0.6) is 0 Å². The monoisotopic (exact) mass is 381 g/mol. The maximum absolute atomic E-state index is 11.8. The minimum Gasteiger partial charge on any atom is -0.383 e. The van der Waals surface area contributed by atoms with Crippen LogP contribution in [0, 0.1) is 0 Å². The fourth-order valence-electron chi connectivity index (χ4n) is 5.10. The quantitative estimate of drug-likeness (QED) is 0.727. The third-order valence-corrected chi connectivity index (χ3v) is 6.80. The Kier molecular flexibility index (Phi) is 3.87. The number of nitrogens with zero attached hydrogens (tertiary/aromatic N) is 3. The molecule has 0 amide bonds. The summed E-state index contributed by atoms with van der Waals surface area (Å²) in [4.78, 5) is 6.59. The first kappa shape index (κ1) is 17.2. The summed E-state index contributed by atoms with van der Waals surface area (Å²) in [5.41, 5.74) is 5.19. The first-order chi connectivity index (χ1) is 13.0. The molecular formula is C22H24ClN3O.